The molecule has 0 aliphatic carbocycles. The second-order valence-corrected chi connectivity index (χ2v) is 8.82. The largest absolute Gasteiger partial charge is 0.351 e. The molecular weight excluding hydrogens is 429 g/mol. The van der Waals surface area contributed by atoms with Crippen LogP contribution in [0.4, 0.5) is 0 Å². The third-order valence-corrected chi connectivity index (χ3v) is 5.95. The Morgan fingerprint density at radius 2 is 1.86 bits per heavy atom. The SMILES string of the molecule is CN(C)CCCN(Cc1ccc(Cl)c(Cl)c1)C(=O)CCCNC(=O)c1cccs1. The van der Waals surface area contributed by atoms with Crippen molar-refractivity contribution in [1.29, 1.82) is 0 Å². The van der Waals surface area contributed by atoms with E-state index in [9.17, 15) is 9.59 Å². The van der Waals surface area contributed by atoms with Gasteiger partial charge < -0.3 is 15.1 Å². The molecule has 1 N–H and O–H groups in total. The Bertz CT molecular complexity index is 797. The standard InChI is InChI=1S/C21H27Cl2N3O2S/c1-25(2)11-5-12-26(15-16-8-9-17(22)18(23)14-16)20(27)7-3-10-24-21(28)19-6-4-13-29-19/h4,6,8-9,13-14H,3,5,7,10-12,15H2,1-2H3,(H,24,28). The summed E-state index contributed by atoms with van der Waals surface area (Å²) >= 11 is 13.5. The van der Waals surface area contributed by atoms with Crippen molar-refractivity contribution >= 4 is 46.4 Å². The van der Waals surface area contributed by atoms with Crippen LogP contribution in [0.2, 0.25) is 10.0 Å². The number of carbonyl (C=O) groups is 2. The molecule has 1 aromatic carbocycles. The Labute approximate surface area is 186 Å². The van der Waals surface area contributed by atoms with Gasteiger partial charge in [0.2, 0.25) is 5.91 Å². The molecule has 29 heavy (non-hydrogen) atoms. The second kappa shape index (κ2) is 12.2. The van der Waals surface area contributed by atoms with Gasteiger partial charge in [-0.3, -0.25) is 9.59 Å². The summed E-state index contributed by atoms with van der Waals surface area (Å²) in [6.07, 6.45) is 1.87. The predicted octanol–water partition coefficient (Wildman–Crippen LogP) is 4.55. The Hall–Kier alpha value is -1.60. The van der Waals surface area contributed by atoms with Crippen molar-refractivity contribution < 1.29 is 9.59 Å². The van der Waals surface area contributed by atoms with E-state index in [4.69, 9.17) is 23.2 Å². The van der Waals surface area contributed by atoms with Crippen LogP contribution in [-0.2, 0) is 11.3 Å². The molecule has 0 aliphatic rings. The molecule has 5 nitrogen and oxygen atoms in total. The molecule has 158 valence electrons. The molecule has 0 aliphatic heterocycles. The highest BCUT2D eigenvalue weighted by Crippen LogP contribution is 2.23. The van der Waals surface area contributed by atoms with Crippen molar-refractivity contribution in [3.63, 3.8) is 0 Å². The van der Waals surface area contributed by atoms with Crippen molar-refractivity contribution in [2.24, 2.45) is 0 Å². The van der Waals surface area contributed by atoms with E-state index in [1.165, 1.54) is 11.3 Å². The molecule has 2 rings (SSSR count). The van der Waals surface area contributed by atoms with Crippen molar-refractivity contribution in [3.05, 3.63) is 56.2 Å². The Kier molecular flexibility index (Phi) is 9.94. The molecule has 0 radical (unpaired) electrons. The minimum absolute atomic E-state index is 0.0696. The van der Waals surface area contributed by atoms with Crippen molar-refractivity contribution in [1.82, 2.24) is 15.1 Å². The summed E-state index contributed by atoms with van der Waals surface area (Å²) in [6.45, 7) is 2.53. The summed E-state index contributed by atoms with van der Waals surface area (Å²) in [5.41, 5.74) is 0.948. The molecule has 0 spiro atoms. The molecule has 2 aromatic rings. The average molecular weight is 456 g/mol. The third kappa shape index (κ3) is 8.34. The van der Waals surface area contributed by atoms with Gasteiger partial charge in [-0.05, 0) is 62.6 Å². The fourth-order valence-corrected chi connectivity index (χ4v) is 3.78. The van der Waals surface area contributed by atoms with Crippen LogP contribution in [0.15, 0.2) is 35.7 Å². The second-order valence-electron chi connectivity index (χ2n) is 7.06. The first-order valence-corrected chi connectivity index (χ1v) is 11.2. The Morgan fingerprint density at radius 1 is 1.07 bits per heavy atom. The first-order valence-electron chi connectivity index (χ1n) is 9.55. The number of nitrogens with one attached hydrogen (secondary N) is 1. The van der Waals surface area contributed by atoms with Crippen molar-refractivity contribution in [2.75, 3.05) is 33.7 Å². The minimum Gasteiger partial charge on any atom is -0.351 e. The van der Waals surface area contributed by atoms with Gasteiger partial charge in [0.05, 0.1) is 14.9 Å². The zero-order valence-electron chi connectivity index (χ0n) is 16.8. The van der Waals surface area contributed by atoms with Gasteiger partial charge in [-0.1, -0.05) is 35.3 Å². The van der Waals surface area contributed by atoms with Gasteiger partial charge in [0, 0.05) is 26.1 Å². The Balaban J connectivity index is 1.87. The lowest BCUT2D eigenvalue weighted by atomic mass is 10.2. The summed E-state index contributed by atoms with van der Waals surface area (Å²) in [5.74, 6) is -0.0219. The van der Waals surface area contributed by atoms with E-state index in [1.54, 1.807) is 18.2 Å². The van der Waals surface area contributed by atoms with Crippen LogP contribution in [0.5, 0.6) is 0 Å². The molecule has 1 aromatic heterocycles. The zero-order valence-corrected chi connectivity index (χ0v) is 19.1. The van der Waals surface area contributed by atoms with Crippen LogP contribution in [-0.4, -0.2) is 55.3 Å². The summed E-state index contributed by atoms with van der Waals surface area (Å²) in [4.78, 5) is 29.4. The van der Waals surface area contributed by atoms with Gasteiger partial charge in [-0.2, -0.15) is 0 Å². The van der Waals surface area contributed by atoms with E-state index in [1.807, 2.05) is 36.5 Å². The highest BCUT2D eigenvalue weighted by Gasteiger charge is 2.15. The molecule has 0 saturated carbocycles. The number of hydrogen-bond acceptors (Lipinski definition) is 4. The fourth-order valence-electron chi connectivity index (χ4n) is 2.82. The summed E-state index contributed by atoms with van der Waals surface area (Å²) < 4.78 is 0. The quantitative estimate of drug-likeness (QED) is 0.505. The molecule has 8 heteroatoms. The first kappa shape index (κ1) is 23.7. The average Bonchev–Trinajstić information content (AvgIpc) is 3.21. The fraction of sp³-hybridized carbons (Fsp3) is 0.429. The van der Waals surface area contributed by atoms with E-state index in [0.717, 1.165) is 18.5 Å². The smallest absolute Gasteiger partial charge is 0.261 e. The molecular formula is C21H27Cl2N3O2S. The Morgan fingerprint density at radius 3 is 2.52 bits per heavy atom. The highest BCUT2D eigenvalue weighted by molar-refractivity contribution is 7.12. The van der Waals surface area contributed by atoms with E-state index in [0.29, 0.717) is 47.4 Å². The maximum atomic E-state index is 12.8. The van der Waals surface area contributed by atoms with Gasteiger partial charge in [0.1, 0.15) is 0 Å². The monoisotopic (exact) mass is 455 g/mol. The summed E-state index contributed by atoms with van der Waals surface area (Å²) in [5, 5.41) is 5.72. The van der Waals surface area contributed by atoms with Gasteiger partial charge in [-0.15, -0.1) is 11.3 Å². The molecule has 1 heterocycles. The van der Waals surface area contributed by atoms with Gasteiger partial charge in [0.15, 0.2) is 0 Å². The first-order chi connectivity index (χ1) is 13.9. The maximum Gasteiger partial charge on any atom is 0.261 e. The van der Waals surface area contributed by atoms with E-state index < -0.39 is 0 Å². The van der Waals surface area contributed by atoms with Crippen LogP contribution in [0, 0.1) is 0 Å². The van der Waals surface area contributed by atoms with Crippen LogP contribution in [0.25, 0.3) is 0 Å². The lowest BCUT2D eigenvalue weighted by molar-refractivity contribution is -0.132. The maximum absolute atomic E-state index is 12.8. The van der Waals surface area contributed by atoms with E-state index in [2.05, 4.69) is 10.2 Å². The predicted molar refractivity (Wildman–Crippen MR) is 121 cm³/mol. The molecule has 0 unspecified atom stereocenters. The highest BCUT2D eigenvalue weighted by atomic mass is 35.5. The molecule has 2 amide bonds. The van der Waals surface area contributed by atoms with Crippen LogP contribution in [0.3, 0.4) is 0 Å². The zero-order chi connectivity index (χ0) is 21.2. The van der Waals surface area contributed by atoms with Gasteiger partial charge in [-0.25, -0.2) is 0 Å². The lowest BCUT2D eigenvalue weighted by Crippen LogP contribution is -2.33. The number of rotatable bonds is 11. The molecule has 0 saturated heterocycles. The number of thiophene rings is 1. The van der Waals surface area contributed by atoms with E-state index >= 15 is 0 Å². The molecule has 0 fully saturated rings. The number of benzene rings is 1. The van der Waals surface area contributed by atoms with Gasteiger partial charge in [0.25, 0.3) is 5.91 Å². The van der Waals surface area contributed by atoms with Crippen LogP contribution < -0.4 is 5.32 Å². The lowest BCUT2D eigenvalue weighted by Gasteiger charge is -2.24. The number of amides is 2. The third-order valence-electron chi connectivity index (χ3n) is 4.34. The van der Waals surface area contributed by atoms with Crippen LogP contribution in [0.1, 0.15) is 34.5 Å². The van der Waals surface area contributed by atoms with Gasteiger partial charge >= 0.3 is 0 Å². The van der Waals surface area contributed by atoms with Crippen LogP contribution >= 0.6 is 34.5 Å². The number of halogens is 2. The number of nitrogens with zero attached hydrogens (tertiary/aromatic N) is 2. The number of carbonyl (C=O) groups excluding carboxylic acids is 2. The normalized spacial score (nSPS) is 10.9. The summed E-state index contributed by atoms with van der Waals surface area (Å²) in [7, 11) is 4.03. The topological polar surface area (TPSA) is 52.6 Å². The minimum atomic E-state index is -0.0916. The van der Waals surface area contributed by atoms with Crippen molar-refractivity contribution in [3.8, 4) is 0 Å². The molecule has 0 atom stereocenters. The number of hydrogen-bond donors (Lipinski definition) is 1. The van der Waals surface area contributed by atoms with Crippen molar-refractivity contribution in [2.45, 2.75) is 25.8 Å². The molecule has 0 bridgehead atoms. The van der Waals surface area contributed by atoms with E-state index in [-0.39, 0.29) is 11.8 Å². The summed E-state index contributed by atoms with van der Waals surface area (Å²) in [6, 6.07) is 9.08.